The van der Waals surface area contributed by atoms with Gasteiger partial charge in [0, 0.05) is 36.3 Å². The average Bonchev–Trinajstić information content (AvgIpc) is 3.30. The van der Waals surface area contributed by atoms with Crippen LogP contribution in [0.25, 0.3) is 11.3 Å². The van der Waals surface area contributed by atoms with E-state index in [0.717, 1.165) is 25.2 Å². The van der Waals surface area contributed by atoms with Crippen molar-refractivity contribution in [1.82, 2.24) is 15.2 Å². The molecule has 0 spiro atoms. The molecule has 3 aromatic rings. The summed E-state index contributed by atoms with van der Waals surface area (Å²) < 4.78 is 5.82. The normalized spacial score (nSPS) is 13.9. The molecule has 1 saturated heterocycles. The number of hydrogen-bond acceptors (Lipinski definition) is 4. The third kappa shape index (κ3) is 5.76. The number of carbonyl (C=O) groups is 1. The summed E-state index contributed by atoms with van der Waals surface area (Å²) >= 11 is 12.0. The van der Waals surface area contributed by atoms with Crippen molar-refractivity contribution in [2.45, 2.75) is 12.8 Å². The Hall–Kier alpha value is -2.60. The van der Waals surface area contributed by atoms with Crippen molar-refractivity contribution in [2.75, 3.05) is 26.2 Å². The van der Waals surface area contributed by atoms with Gasteiger partial charge in [0.05, 0.1) is 15.7 Å². The number of rotatable bonds is 7. The molecule has 2 heterocycles. The van der Waals surface area contributed by atoms with Crippen LogP contribution in [0.2, 0.25) is 10.0 Å². The standard InChI is InChI=1S/C24H23Cl2N3O2/c25-20-10-9-19(16-21(20)26)31-23-8-4-7-22(28-23)17-5-3-6-18(15-17)24(30)27-11-14-29-12-1-2-13-29/h3-10,15-16H,1-2,11-14H2,(H,27,30). The molecule has 0 radical (unpaired) electrons. The molecular weight excluding hydrogens is 433 g/mol. The average molecular weight is 456 g/mol. The molecule has 0 aliphatic carbocycles. The molecule has 1 aromatic heterocycles. The van der Waals surface area contributed by atoms with Gasteiger partial charge in [-0.2, -0.15) is 0 Å². The molecule has 1 amide bonds. The lowest BCUT2D eigenvalue weighted by Gasteiger charge is -2.14. The maximum Gasteiger partial charge on any atom is 0.251 e. The number of benzene rings is 2. The van der Waals surface area contributed by atoms with Crippen LogP contribution in [-0.4, -0.2) is 42.0 Å². The van der Waals surface area contributed by atoms with Crippen LogP contribution in [0.1, 0.15) is 23.2 Å². The minimum atomic E-state index is -0.0794. The summed E-state index contributed by atoms with van der Waals surface area (Å²) in [5, 5.41) is 3.89. The molecule has 2 aromatic carbocycles. The van der Waals surface area contributed by atoms with E-state index in [4.69, 9.17) is 27.9 Å². The Morgan fingerprint density at radius 2 is 1.81 bits per heavy atom. The van der Waals surface area contributed by atoms with Gasteiger partial charge < -0.3 is 15.0 Å². The topological polar surface area (TPSA) is 54.5 Å². The molecule has 0 saturated carbocycles. The first kappa shape index (κ1) is 21.6. The van der Waals surface area contributed by atoms with Gasteiger partial charge in [-0.3, -0.25) is 4.79 Å². The summed E-state index contributed by atoms with van der Waals surface area (Å²) in [6.45, 7) is 3.78. The van der Waals surface area contributed by atoms with Crippen LogP contribution in [0.5, 0.6) is 11.6 Å². The van der Waals surface area contributed by atoms with Crippen molar-refractivity contribution in [2.24, 2.45) is 0 Å². The summed E-state index contributed by atoms with van der Waals surface area (Å²) in [5.74, 6) is 0.894. The Morgan fingerprint density at radius 3 is 2.61 bits per heavy atom. The van der Waals surface area contributed by atoms with Gasteiger partial charge in [0.15, 0.2) is 0 Å². The van der Waals surface area contributed by atoms with E-state index in [1.165, 1.54) is 12.8 Å². The van der Waals surface area contributed by atoms with E-state index in [1.54, 1.807) is 24.3 Å². The minimum absolute atomic E-state index is 0.0794. The van der Waals surface area contributed by atoms with Crippen LogP contribution in [-0.2, 0) is 0 Å². The molecule has 7 heteroatoms. The van der Waals surface area contributed by atoms with E-state index < -0.39 is 0 Å². The number of nitrogens with one attached hydrogen (secondary N) is 1. The fraction of sp³-hybridized carbons (Fsp3) is 0.250. The zero-order valence-electron chi connectivity index (χ0n) is 17.0. The van der Waals surface area contributed by atoms with Gasteiger partial charge in [-0.25, -0.2) is 4.98 Å². The summed E-state index contributed by atoms with van der Waals surface area (Å²) in [6, 6.07) is 18.0. The zero-order chi connectivity index (χ0) is 21.6. The number of likely N-dealkylation sites (tertiary alicyclic amines) is 1. The van der Waals surface area contributed by atoms with Crippen LogP contribution >= 0.6 is 23.2 Å². The second kappa shape index (κ2) is 10.1. The summed E-state index contributed by atoms with van der Waals surface area (Å²) in [6.07, 6.45) is 2.49. The zero-order valence-corrected chi connectivity index (χ0v) is 18.5. The molecule has 1 aliphatic rings. The Morgan fingerprint density at radius 1 is 1.00 bits per heavy atom. The highest BCUT2D eigenvalue weighted by Gasteiger charge is 2.12. The first-order valence-corrected chi connectivity index (χ1v) is 11.0. The van der Waals surface area contributed by atoms with Crippen LogP contribution in [0, 0.1) is 0 Å². The van der Waals surface area contributed by atoms with Gasteiger partial charge in [-0.1, -0.05) is 41.4 Å². The SMILES string of the molecule is O=C(NCCN1CCCC1)c1cccc(-c2cccc(Oc3ccc(Cl)c(Cl)c3)n2)c1. The van der Waals surface area contributed by atoms with Gasteiger partial charge in [0.2, 0.25) is 5.88 Å². The van der Waals surface area contributed by atoms with E-state index in [-0.39, 0.29) is 5.91 Å². The molecule has 4 rings (SSSR count). The smallest absolute Gasteiger partial charge is 0.251 e. The first-order valence-electron chi connectivity index (χ1n) is 10.3. The van der Waals surface area contributed by atoms with Crippen LogP contribution in [0.4, 0.5) is 0 Å². The second-order valence-electron chi connectivity index (χ2n) is 7.42. The predicted octanol–water partition coefficient (Wildman–Crippen LogP) is 5.67. The highest BCUT2D eigenvalue weighted by atomic mass is 35.5. The highest BCUT2D eigenvalue weighted by molar-refractivity contribution is 6.42. The van der Waals surface area contributed by atoms with Gasteiger partial charge in [-0.05, 0) is 56.3 Å². The van der Waals surface area contributed by atoms with Crippen molar-refractivity contribution >= 4 is 29.1 Å². The number of amides is 1. The van der Waals surface area contributed by atoms with Crippen LogP contribution in [0.15, 0.2) is 60.7 Å². The van der Waals surface area contributed by atoms with Crippen molar-refractivity contribution < 1.29 is 9.53 Å². The monoisotopic (exact) mass is 455 g/mol. The number of nitrogens with zero attached hydrogens (tertiary/aromatic N) is 2. The minimum Gasteiger partial charge on any atom is -0.439 e. The van der Waals surface area contributed by atoms with Gasteiger partial charge in [0.1, 0.15) is 5.75 Å². The fourth-order valence-electron chi connectivity index (χ4n) is 3.55. The summed E-state index contributed by atoms with van der Waals surface area (Å²) in [4.78, 5) is 19.5. The molecule has 31 heavy (non-hydrogen) atoms. The largest absolute Gasteiger partial charge is 0.439 e. The first-order chi connectivity index (χ1) is 15.1. The van der Waals surface area contributed by atoms with Crippen molar-refractivity contribution in [3.05, 3.63) is 76.3 Å². The van der Waals surface area contributed by atoms with Crippen molar-refractivity contribution in [3.8, 4) is 22.9 Å². The van der Waals surface area contributed by atoms with E-state index in [2.05, 4.69) is 15.2 Å². The van der Waals surface area contributed by atoms with Crippen LogP contribution in [0.3, 0.4) is 0 Å². The van der Waals surface area contributed by atoms with Crippen LogP contribution < -0.4 is 10.1 Å². The molecule has 1 N–H and O–H groups in total. The summed E-state index contributed by atoms with van der Waals surface area (Å²) in [7, 11) is 0. The maximum atomic E-state index is 12.6. The molecule has 1 aliphatic heterocycles. The maximum absolute atomic E-state index is 12.6. The predicted molar refractivity (Wildman–Crippen MR) is 124 cm³/mol. The molecule has 0 unspecified atom stereocenters. The Bertz CT molecular complexity index is 1070. The Balaban J connectivity index is 1.43. The molecule has 160 valence electrons. The number of hydrogen-bond donors (Lipinski definition) is 1. The third-order valence-corrected chi connectivity index (χ3v) is 5.91. The van der Waals surface area contributed by atoms with Gasteiger partial charge in [0.25, 0.3) is 5.91 Å². The third-order valence-electron chi connectivity index (χ3n) is 5.17. The van der Waals surface area contributed by atoms with E-state index >= 15 is 0 Å². The fourth-order valence-corrected chi connectivity index (χ4v) is 3.84. The van der Waals surface area contributed by atoms with Gasteiger partial charge in [-0.15, -0.1) is 0 Å². The number of pyridine rings is 1. The lowest BCUT2D eigenvalue weighted by molar-refractivity contribution is 0.0950. The van der Waals surface area contributed by atoms with Crippen molar-refractivity contribution in [3.63, 3.8) is 0 Å². The number of aromatic nitrogens is 1. The quantitative estimate of drug-likeness (QED) is 0.498. The molecular formula is C24H23Cl2N3O2. The molecule has 0 bridgehead atoms. The Labute approximate surface area is 192 Å². The second-order valence-corrected chi connectivity index (χ2v) is 8.24. The van der Waals surface area contributed by atoms with E-state index in [9.17, 15) is 4.79 Å². The number of ether oxygens (including phenoxy) is 1. The summed E-state index contributed by atoms with van der Waals surface area (Å²) in [5.41, 5.74) is 2.16. The molecule has 1 fully saturated rings. The lowest BCUT2D eigenvalue weighted by Crippen LogP contribution is -2.33. The Kier molecular flexibility index (Phi) is 7.07. The molecule has 0 atom stereocenters. The van der Waals surface area contributed by atoms with E-state index in [0.29, 0.717) is 39.5 Å². The molecule has 5 nitrogen and oxygen atoms in total. The van der Waals surface area contributed by atoms with Crippen molar-refractivity contribution in [1.29, 1.82) is 0 Å². The lowest BCUT2D eigenvalue weighted by atomic mass is 10.1. The number of carbonyl (C=O) groups excluding carboxylic acids is 1. The number of halogens is 2. The van der Waals surface area contributed by atoms with Gasteiger partial charge >= 0.3 is 0 Å². The van der Waals surface area contributed by atoms with E-state index in [1.807, 2.05) is 36.4 Å². The highest BCUT2D eigenvalue weighted by Crippen LogP contribution is 2.29.